The zero-order chi connectivity index (χ0) is 24.5. The lowest BCUT2D eigenvalue weighted by Crippen LogP contribution is -2.35. The van der Waals surface area contributed by atoms with Crippen LogP contribution in [0.4, 0.5) is 0 Å². The van der Waals surface area contributed by atoms with Gasteiger partial charge in [0.2, 0.25) is 0 Å². The minimum atomic E-state index is -0.0517. The van der Waals surface area contributed by atoms with Crippen LogP contribution in [0.15, 0.2) is 36.9 Å². The molecule has 3 aliphatic rings. The van der Waals surface area contributed by atoms with Crippen LogP contribution in [0, 0.1) is 35.5 Å². The van der Waals surface area contributed by atoms with Crippen molar-refractivity contribution in [3.8, 4) is 11.5 Å². The van der Waals surface area contributed by atoms with Gasteiger partial charge >= 0.3 is 5.97 Å². The monoisotopic (exact) mass is 480 g/mol. The summed E-state index contributed by atoms with van der Waals surface area (Å²) in [4.78, 5) is 12.8. The fourth-order valence-electron chi connectivity index (χ4n) is 7.36. The summed E-state index contributed by atoms with van der Waals surface area (Å²) in [6.45, 7) is 6.44. The van der Waals surface area contributed by atoms with E-state index < -0.39 is 0 Å². The lowest BCUT2D eigenvalue weighted by Gasteiger charge is -2.45. The average Bonchev–Trinajstić information content (AvgIpc) is 2.90. The smallest absolute Gasteiger partial charge is 0.314 e. The lowest BCUT2D eigenvalue weighted by atomic mass is 9.60. The summed E-state index contributed by atoms with van der Waals surface area (Å²) in [7, 11) is 0. The maximum atomic E-state index is 12.8. The second-order valence-corrected chi connectivity index (χ2v) is 11.7. The number of benzene rings is 1. The second kappa shape index (κ2) is 13.5. The van der Waals surface area contributed by atoms with E-state index in [1.54, 1.807) is 6.08 Å². The van der Waals surface area contributed by atoms with Crippen molar-refractivity contribution in [2.45, 2.75) is 103 Å². The van der Waals surface area contributed by atoms with Crippen LogP contribution in [0.2, 0.25) is 0 Å². The highest BCUT2D eigenvalue weighted by Crippen LogP contribution is 2.49. The molecule has 0 radical (unpaired) electrons. The molecule has 0 heterocycles. The molecule has 3 nitrogen and oxygen atoms in total. The van der Waals surface area contributed by atoms with E-state index >= 15 is 0 Å². The van der Waals surface area contributed by atoms with Crippen LogP contribution < -0.4 is 9.47 Å². The molecular weight excluding hydrogens is 432 g/mol. The van der Waals surface area contributed by atoms with E-state index in [0.717, 1.165) is 48.2 Å². The Hall–Kier alpha value is -1.77. The van der Waals surface area contributed by atoms with Crippen LogP contribution in [-0.2, 0) is 4.79 Å². The Bertz CT molecular complexity index is 777. The first-order valence-corrected chi connectivity index (χ1v) is 14.7. The van der Waals surface area contributed by atoms with Gasteiger partial charge in [0, 0.05) is 0 Å². The molecule has 0 aromatic heterocycles. The Morgan fingerprint density at radius 3 is 2.17 bits per heavy atom. The zero-order valence-corrected chi connectivity index (χ0v) is 22.1. The third kappa shape index (κ3) is 7.61. The van der Waals surface area contributed by atoms with Crippen LogP contribution in [0.25, 0.3) is 0 Å². The number of rotatable bonds is 11. The lowest BCUT2D eigenvalue weighted by molar-refractivity contribution is -0.140. The summed E-state index contributed by atoms with van der Waals surface area (Å²) in [5, 5.41) is 0. The minimum absolute atomic E-state index is 0.0517. The fourth-order valence-corrected chi connectivity index (χ4v) is 7.36. The van der Waals surface area contributed by atoms with E-state index in [2.05, 4.69) is 13.5 Å². The summed E-state index contributed by atoms with van der Waals surface area (Å²) in [6.07, 6.45) is 22.1. The van der Waals surface area contributed by atoms with Gasteiger partial charge < -0.3 is 9.47 Å². The van der Waals surface area contributed by atoms with E-state index in [4.69, 9.17) is 9.47 Å². The molecule has 35 heavy (non-hydrogen) atoms. The van der Waals surface area contributed by atoms with Crippen LogP contribution in [0.5, 0.6) is 11.5 Å². The normalized spacial score (nSPS) is 30.8. The Morgan fingerprint density at radius 2 is 1.46 bits per heavy atom. The Balaban J connectivity index is 1.16. The van der Waals surface area contributed by atoms with Crippen molar-refractivity contribution in [1.82, 2.24) is 0 Å². The van der Waals surface area contributed by atoms with Gasteiger partial charge in [-0.2, -0.15) is 0 Å². The van der Waals surface area contributed by atoms with Crippen LogP contribution in [0.1, 0.15) is 103 Å². The highest BCUT2D eigenvalue weighted by atomic mass is 16.5. The Morgan fingerprint density at radius 1 is 0.829 bits per heavy atom. The van der Waals surface area contributed by atoms with Crippen molar-refractivity contribution in [3.05, 3.63) is 36.9 Å². The highest BCUT2D eigenvalue weighted by molar-refractivity contribution is 5.75. The molecule has 4 atom stereocenters. The average molecular weight is 481 g/mol. The van der Waals surface area contributed by atoms with E-state index in [-0.39, 0.29) is 11.9 Å². The molecule has 0 aliphatic heterocycles. The van der Waals surface area contributed by atoms with Gasteiger partial charge in [0.15, 0.2) is 0 Å². The Kier molecular flexibility index (Phi) is 10.2. The molecule has 4 rings (SSSR count). The van der Waals surface area contributed by atoms with Gasteiger partial charge in [-0.1, -0.05) is 58.1 Å². The molecule has 3 aliphatic carbocycles. The summed E-state index contributed by atoms with van der Waals surface area (Å²) in [5.74, 6) is 6.12. The number of ether oxygens (including phenoxy) is 2. The van der Waals surface area contributed by atoms with Crippen molar-refractivity contribution >= 4 is 5.97 Å². The number of hydrogen-bond donors (Lipinski definition) is 0. The third-order valence-corrected chi connectivity index (χ3v) is 9.41. The summed E-state index contributed by atoms with van der Waals surface area (Å²) < 4.78 is 11.2. The highest BCUT2D eigenvalue weighted by Gasteiger charge is 2.39. The summed E-state index contributed by atoms with van der Waals surface area (Å²) in [6, 6.07) is 7.33. The second-order valence-electron chi connectivity index (χ2n) is 11.7. The van der Waals surface area contributed by atoms with E-state index in [0.29, 0.717) is 12.4 Å². The molecule has 0 amide bonds. The number of unbranched alkanes of at least 4 members (excludes halogenated alkanes) is 3. The van der Waals surface area contributed by atoms with E-state index in [1.165, 1.54) is 83.5 Å². The first-order chi connectivity index (χ1) is 17.2. The minimum Gasteiger partial charge on any atom is -0.490 e. The zero-order valence-electron chi connectivity index (χ0n) is 22.1. The first-order valence-electron chi connectivity index (χ1n) is 14.7. The Labute approximate surface area is 214 Å². The molecule has 0 saturated heterocycles. The molecule has 3 fully saturated rings. The van der Waals surface area contributed by atoms with Gasteiger partial charge in [0.1, 0.15) is 18.1 Å². The molecular formula is C32H48O3. The van der Waals surface area contributed by atoms with Crippen molar-refractivity contribution in [3.63, 3.8) is 0 Å². The van der Waals surface area contributed by atoms with Gasteiger partial charge in [0.25, 0.3) is 0 Å². The van der Waals surface area contributed by atoms with Crippen molar-refractivity contribution in [2.75, 3.05) is 6.61 Å². The SMILES string of the molecule is C=CCOc1ccc(OC(=O)C2CCC(C3CCC4CC(CCCCCC)CCC4C3)CC2)cc1. The number of esters is 1. The third-order valence-electron chi connectivity index (χ3n) is 9.41. The fraction of sp³-hybridized carbons (Fsp3) is 0.719. The number of carbonyl (C=O) groups is 1. The maximum absolute atomic E-state index is 12.8. The number of fused-ring (bicyclic) bond motifs is 1. The van der Waals surface area contributed by atoms with E-state index in [1.807, 2.05) is 24.3 Å². The predicted octanol–water partition coefficient (Wildman–Crippen LogP) is 8.77. The molecule has 0 bridgehead atoms. The van der Waals surface area contributed by atoms with Crippen molar-refractivity contribution in [2.24, 2.45) is 35.5 Å². The topological polar surface area (TPSA) is 35.5 Å². The molecule has 1 aromatic rings. The van der Waals surface area contributed by atoms with Gasteiger partial charge in [-0.25, -0.2) is 0 Å². The van der Waals surface area contributed by atoms with Crippen LogP contribution in [-0.4, -0.2) is 12.6 Å². The quantitative estimate of drug-likeness (QED) is 0.137. The molecule has 0 N–H and O–H groups in total. The van der Waals surface area contributed by atoms with Gasteiger partial charge in [-0.3, -0.25) is 4.79 Å². The molecule has 194 valence electrons. The van der Waals surface area contributed by atoms with Crippen molar-refractivity contribution in [1.29, 1.82) is 0 Å². The van der Waals surface area contributed by atoms with Gasteiger partial charge in [-0.15, -0.1) is 0 Å². The van der Waals surface area contributed by atoms with Crippen molar-refractivity contribution < 1.29 is 14.3 Å². The molecule has 4 unspecified atom stereocenters. The number of hydrogen-bond acceptors (Lipinski definition) is 3. The number of carbonyl (C=O) groups excluding carboxylic acids is 1. The largest absolute Gasteiger partial charge is 0.490 e. The summed E-state index contributed by atoms with van der Waals surface area (Å²) >= 11 is 0. The predicted molar refractivity (Wildman–Crippen MR) is 144 cm³/mol. The van der Waals surface area contributed by atoms with Crippen LogP contribution in [0.3, 0.4) is 0 Å². The summed E-state index contributed by atoms with van der Waals surface area (Å²) in [5.41, 5.74) is 0. The molecule has 3 heteroatoms. The van der Waals surface area contributed by atoms with Crippen LogP contribution >= 0.6 is 0 Å². The standard InChI is InChI=1S/C32H48O3/c1-3-5-6-7-8-24-9-10-29-23-28(16-15-27(29)22-24)25-11-13-26(14-12-25)32(33)35-31-19-17-30(18-20-31)34-21-4-2/h4,17-20,24-29H,2-3,5-16,21-23H2,1H3. The molecule has 3 saturated carbocycles. The van der Waals surface area contributed by atoms with E-state index in [9.17, 15) is 4.79 Å². The molecule has 1 aromatic carbocycles. The molecule has 0 spiro atoms. The van der Waals surface area contributed by atoms with Gasteiger partial charge in [-0.05, 0) is 112 Å². The van der Waals surface area contributed by atoms with Gasteiger partial charge in [0.05, 0.1) is 5.92 Å². The maximum Gasteiger partial charge on any atom is 0.314 e. The first kappa shape index (κ1) is 26.3.